The third-order valence-electron chi connectivity index (χ3n) is 3.55. The number of aryl methyl sites for hydroxylation is 1. The maximum absolute atomic E-state index is 13.2. The standard InChI is InChI=1S/C16H12Cl2FNO/c17-12-8-11(1-4-13(12)19)16(18)10-2-5-14-9(7-10)3-6-15(21)20-14/h1-2,4-5,7-8,16H,3,6H2,(H,20,21). The highest BCUT2D eigenvalue weighted by atomic mass is 35.5. The maximum atomic E-state index is 13.2. The lowest BCUT2D eigenvalue weighted by Crippen LogP contribution is -2.19. The summed E-state index contributed by atoms with van der Waals surface area (Å²) in [5.41, 5.74) is 3.53. The van der Waals surface area contributed by atoms with Gasteiger partial charge in [-0.2, -0.15) is 0 Å². The number of amides is 1. The predicted octanol–water partition coefficient (Wildman–Crippen LogP) is 4.69. The van der Waals surface area contributed by atoms with E-state index in [4.69, 9.17) is 23.2 Å². The summed E-state index contributed by atoms with van der Waals surface area (Å²) in [4.78, 5) is 11.3. The number of nitrogens with one attached hydrogen (secondary N) is 1. The Labute approximate surface area is 131 Å². The van der Waals surface area contributed by atoms with Gasteiger partial charge in [0, 0.05) is 12.1 Å². The molecule has 0 radical (unpaired) electrons. The fourth-order valence-corrected chi connectivity index (χ4v) is 2.88. The Morgan fingerprint density at radius 3 is 2.57 bits per heavy atom. The minimum absolute atomic E-state index is 0.0305. The van der Waals surface area contributed by atoms with Gasteiger partial charge in [0.1, 0.15) is 5.82 Å². The molecule has 2 aromatic carbocycles. The third kappa shape index (κ3) is 2.89. The maximum Gasteiger partial charge on any atom is 0.224 e. The Bertz CT molecular complexity index is 717. The van der Waals surface area contributed by atoms with Gasteiger partial charge in [0.15, 0.2) is 0 Å². The van der Waals surface area contributed by atoms with Crippen LogP contribution in [-0.2, 0) is 11.2 Å². The number of carbonyl (C=O) groups excluding carboxylic acids is 1. The van der Waals surface area contributed by atoms with E-state index in [2.05, 4.69) is 5.32 Å². The Morgan fingerprint density at radius 2 is 1.81 bits per heavy atom. The van der Waals surface area contributed by atoms with Crippen LogP contribution in [0.3, 0.4) is 0 Å². The third-order valence-corrected chi connectivity index (χ3v) is 4.35. The fraction of sp³-hybridized carbons (Fsp3) is 0.188. The zero-order valence-electron chi connectivity index (χ0n) is 11.0. The van der Waals surface area contributed by atoms with E-state index in [0.29, 0.717) is 12.8 Å². The average molecular weight is 324 g/mol. The minimum atomic E-state index is -0.461. The van der Waals surface area contributed by atoms with Crippen molar-refractivity contribution in [1.82, 2.24) is 0 Å². The molecule has 5 heteroatoms. The van der Waals surface area contributed by atoms with Crippen molar-refractivity contribution in [1.29, 1.82) is 0 Å². The summed E-state index contributed by atoms with van der Waals surface area (Å²) in [7, 11) is 0. The SMILES string of the molecule is O=C1CCc2cc(C(Cl)c3ccc(F)c(Cl)c3)ccc2N1. The van der Waals surface area contributed by atoms with Gasteiger partial charge in [-0.25, -0.2) is 4.39 Å². The summed E-state index contributed by atoms with van der Waals surface area (Å²) in [5, 5.41) is 2.48. The van der Waals surface area contributed by atoms with Crippen LogP contribution in [0.5, 0.6) is 0 Å². The molecule has 0 aliphatic carbocycles. The number of benzene rings is 2. The molecule has 3 rings (SSSR count). The monoisotopic (exact) mass is 323 g/mol. The van der Waals surface area contributed by atoms with Crippen LogP contribution in [0.4, 0.5) is 10.1 Å². The topological polar surface area (TPSA) is 29.1 Å². The predicted molar refractivity (Wildman–Crippen MR) is 82.5 cm³/mol. The molecule has 0 fully saturated rings. The van der Waals surface area contributed by atoms with E-state index in [9.17, 15) is 9.18 Å². The zero-order chi connectivity index (χ0) is 15.0. The van der Waals surface area contributed by atoms with Gasteiger partial charge in [0.05, 0.1) is 10.4 Å². The quantitative estimate of drug-likeness (QED) is 0.798. The molecular formula is C16H12Cl2FNO. The molecule has 2 nitrogen and oxygen atoms in total. The number of halogens is 3. The highest BCUT2D eigenvalue weighted by Crippen LogP contribution is 2.34. The van der Waals surface area contributed by atoms with Gasteiger partial charge in [-0.05, 0) is 41.3 Å². The molecule has 1 N–H and O–H groups in total. The van der Waals surface area contributed by atoms with Crippen molar-refractivity contribution in [2.24, 2.45) is 0 Å². The number of rotatable bonds is 2. The number of hydrogen-bond acceptors (Lipinski definition) is 1. The van der Waals surface area contributed by atoms with E-state index >= 15 is 0 Å². The first kappa shape index (κ1) is 14.4. The van der Waals surface area contributed by atoms with Crippen molar-refractivity contribution in [3.63, 3.8) is 0 Å². The fourth-order valence-electron chi connectivity index (χ4n) is 2.42. The number of alkyl halides is 1. The zero-order valence-corrected chi connectivity index (χ0v) is 12.5. The lowest BCUT2D eigenvalue weighted by atomic mass is 9.97. The largest absolute Gasteiger partial charge is 0.326 e. The summed E-state index contributed by atoms with van der Waals surface area (Å²) in [6, 6.07) is 10.2. The molecule has 1 heterocycles. The van der Waals surface area contributed by atoms with Gasteiger partial charge in [-0.1, -0.05) is 29.8 Å². The van der Waals surface area contributed by atoms with Gasteiger partial charge in [0.2, 0.25) is 5.91 Å². The second-order valence-corrected chi connectivity index (χ2v) is 5.84. The normalized spacial score (nSPS) is 15.3. The van der Waals surface area contributed by atoms with Crippen molar-refractivity contribution in [2.45, 2.75) is 18.2 Å². The Kier molecular flexibility index (Phi) is 3.87. The van der Waals surface area contributed by atoms with Gasteiger partial charge >= 0.3 is 0 Å². The lowest BCUT2D eigenvalue weighted by molar-refractivity contribution is -0.116. The summed E-state index contributed by atoms with van der Waals surface area (Å²) in [6.45, 7) is 0. The molecule has 108 valence electrons. The first-order chi connectivity index (χ1) is 10.0. The number of anilines is 1. The molecule has 1 amide bonds. The van der Waals surface area contributed by atoms with Crippen LogP contribution in [0.15, 0.2) is 36.4 Å². The lowest BCUT2D eigenvalue weighted by Gasteiger charge is -2.19. The molecular weight excluding hydrogens is 312 g/mol. The molecule has 21 heavy (non-hydrogen) atoms. The van der Waals surface area contributed by atoms with E-state index in [1.54, 1.807) is 6.07 Å². The Morgan fingerprint density at radius 1 is 1.10 bits per heavy atom. The molecule has 0 saturated heterocycles. The molecule has 1 aliphatic heterocycles. The van der Waals surface area contributed by atoms with E-state index in [-0.39, 0.29) is 10.9 Å². The highest BCUT2D eigenvalue weighted by molar-refractivity contribution is 6.31. The Hall–Kier alpha value is -1.58. The van der Waals surface area contributed by atoms with E-state index in [0.717, 1.165) is 22.4 Å². The summed E-state index contributed by atoms with van der Waals surface area (Å²) in [6.07, 6.45) is 1.18. The van der Waals surface area contributed by atoms with Crippen LogP contribution >= 0.6 is 23.2 Å². The van der Waals surface area contributed by atoms with Crippen molar-refractivity contribution in [3.8, 4) is 0 Å². The first-order valence-electron chi connectivity index (χ1n) is 6.56. The molecule has 1 atom stereocenters. The summed E-state index contributed by atoms with van der Waals surface area (Å²) >= 11 is 12.3. The number of hydrogen-bond donors (Lipinski definition) is 1. The number of fused-ring (bicyclic) bond motifs is 1. The van der Waals surface area contributed by atoms with Gasteiger partial charge in [-0.15, -0.1) is 11.6 Å². The molecule has 2 aromatic rings. The van der Waals surface area contributed by atoms with Crippen molar-refractivity contribution in [3.05, 3.63) is 63.9 Å². The molecule has 0 bridgehead atoms. The van der Waals surface area contributed by atoms with E-state index < -0.39 is 11.2 Å². The van der Waals surface area contributed by atoms with Crippen LogP contribution in [0.2, 0.25) is 5.02 Å². The van der Waals surface area contributed by atoms with Gasteiger partial charge < -0.3 is 5.32 Å². The molecule has 1 unspecified atom stereocenters. The molecule has 0 spiro atoms. The molecule has 1 aliphatic rings. The van der Waals surface area contributed by atoms with Gasteiger partial charge in [0.25, 0.3) is 0 Å². The highest BCUT2D eigenvalue weighted by Gasteiger charge is 2.18. The second-order valence-electron chi connectivity index (χ2n) is 5.00. The first-order valence-corrected chi connectivity index (χ1v) is 7.38. The smallest absolute Gasteiger partial charge is 0.224 e. The van der Waals surface area contributed by atoms with Crippen molar-refractivity contribution < 1.29 is 9.18 Å². The van der Waals surface area contributed by atoms with Crippen LogP contribution in [0, 0.1) is 5.82 Å². The summed E-state index contributed by atoms with van der Waals surface area (Å²) < 4.78 is 13.2. The van der Waals surface area contributed by atoms with Crippen molar-refractivity contribution in [2.75, 3.05) is 5.32 Å². The minimum Gasteiger partial charge on any atom is -0.326 e. The molecule has 0 aromatic heterocycles. The Balaban J connectivity index is 1.93. The number of carbonyl (C=O) groups is 1. The van der Waals surface area contributed by atoms with Crippen LogP contribution in [0.25, 0.3) is 0 Å². The summed E-state index contributed by atoms with van der Waals surface area (Å²) in [5.74, 6) is -0.430. The second kappa shape index (κ2) is 5.66. The average Bonchev–Trinajstić information content (AvgIpc) is 2.49. The molecule has 0 saturated carbocycles. The van der Waals surface area contributed by atoms with Crippen LogP contribution < -0.4 is 5.32 Å². The van der Waals surface area contributed by atoms with Crippen molar-refractivity contribution >= 4 is 34.8 Å². The van der Waals surface area contributed by atoms with E-state index in [1.807, 2.05) is 18.2 Å². The van der Waals surface area contributed by atoms with Crippen LogP contribution in [0.1, 0.15) is 28.5 Å². The van der Waals surface area contributed by atoms with Crippen LogP contribution in [-0.4, -0.2) is 5.91 Å². The van der Waals surface area contributed by atoms with Gasteiger partial charge in [-0.3, -0.25) is 4.79 Å². The van der Waals surface area contributed by atoms with E-state index in [1.165, 1.54) is 12.1 Å².